The van der Waals surface area contributed by atoms with Crippen LogP contribution in [0.25, 0.3) is 6.08 Å². The first-order valence-electron chi connectivity index (χ1n) is 11.1. The second kappa shape index (κ2) is 11.2. The van der Waals surface area contributed by atoms with E-state index in [1.54, 1.807) is 23.4 Å². The second-order valence-corrected chi connectivity index (χ2v) is 9.67. The summed E-state index contributed by atoms with van der Waals surface area (Å²) in [5.41, 5.74) is 1.75. The topological polar surface area (TPSA) is 67.4 Å². The number of amides is 1. The molecule has 0 bridgehead atoms. The van der Waals surface area contributed by atoms with Gasteiger partial charge in [0, 0.05) is 4.47 Å². The van der Waals surface area contributed by atoms with Gasteiger partial charge in [-0.15, -0.1) is 5.10 Å². The van der Waals surface area contributed by atoms with Gasteiger partial charge in [0.25, 0.3) is 5.91 Å². The van der Waals surface area contributed by atoms with Crippen molar-refractivity contribution in [2.75, 3.05) is 0 Å². The molecule has 2 heterocycles. The number of furan rings is 1. The van der Waals surface area contributed by atoms with E-state index < -0.39 is 0 Å². The highest BCUT2D eigenvalue weighted by Gasteiger charge is 2.34. The van der Waals surface area contributed by atoms with Crippen molar-refractivity contribution in [3.05, 3.63) is 124 Å². The van der Waals surface area contributed by atoms with Gasteiger partial charge in [-0.05, 0) is 77.5 Å². The van der Waals surface area contributed by atoms with Gasteiger partial charge in [0.05, 0.1) is 23.9 Å². The van der Waals surface area contributed by atoms with Crippen LogP contribution in [0.1, 0.15) is 16.9 Å². The molecule has 0 N–H and O–H groups in total. The fourth-order valence-corrected chi connectivity index (χ4v) is 4.62. The van der Waals surface area contributed by atoms with Crippen LogP contribution in [-0.2, 0) is 11.3 Å². The monoisotopic (exact) mass is 557 g/mol. The van der Waals surface area contributed by atoms with E-state index >= 15 is 0 Å². The number of ether oxygens (including phenoxy) is 1. The van der Waals surface area contributed by atoms with Crippen LogP contribution in [0.2, 0.25) is 0 Å². The Bertz CT molecular complexity index is 1430. The Morgan fingerprint density at radius 2 is 1.72 bits per heavy atom. The fraction of sp³-hybridized carbons (Fsp3) is 0.0357. The van der Waals surface area contributed by atoms with Crippen molar-refractivity contribution < 1.29 is 13.9 Å². The number of benzene rings is 3. The second-order valence-electron chi connectivity index (χ2n) is 7.75. The SMILES string of the molecule is O=C1/C(=C/c2ccc(Br)cc2)S/C(=N\N=C\c2cccc(Oc3ccccc3)c2)N1Cc1ccco1. The molecule has 3 aromatic carbocycles. The molecular weight excluding hydrogens is 538 g/mol. The molecular formula is C28H20BrN3O3S. The Balaban J connectivity index is 1.37. The highest BCUT2D eigenvalue weighted by molar-refractivity contribution is 9.10. The van der Waals surface area contributed by atoms with Crippen LogP contribution in [0, 0.1) is 0 Å². The average Bonchev–Trinajstić information content (AvgIpc) is 3.51. The standard InChI is InChI=1S/C28H20BrN3O3S/c29-22-13-11-20(12-14-22)17-26-27(33)32(19-25-10-5-15-34-25)28(36-26)31-30-18-21-6-4-9-24(16-21)35-23-7-2-1-3-8-23/h1-18H,19H2/b26-17-,30-18+,31-28-. The molecule has 1 aliphatic heterocycles. The molecule has 0 radical (unpaired) electrons. The van der Waals surface area contributed by atoms with Gasteiger partial charge >= 0.3 is 0 Å². The molecule has 6 nitrogen and oxygen atoms in total. The van der Waals surface area contributed by atoms with E-state index in [-0.39, 0.29) is 12.5 Å². The van der Waals surface area contributed by atoms with Crippen LogP contribution in [0.5, 0.6) is 11.5 Å². The number of hydrogen-bond acceptors (Lipinski definition) is 6. The summed E-state index contributed by atoms with van der Waals surface area (Å²) in [6.45, 7) is 0.269. The Morgan fingerprint density at radius 1 is 0.917 bits per heavy atom. The van der Waals surface area contributed by atoms with Crippen molar-refractivity contribution >= 4 is 51.1 Å². The molecule has 0 atom stereocenters. The molecule has 5 rings (SSSR count). The van der Waals surface area contributed by atoms with Gasteiger partial charge in [-0.1, -0.05) is 58.4 Å². The van der Waals surface area contributed by atoms with Crippen molar-refractivity contribution in [2.24, 2.45) is 10.2 Å². The van der Waals surface area contributed by atoms with E-state index in [0.717, 1.165) is 21.3 Å². The number of thioether (sulfide) groups is 1. The number of hydrogen-bond donors (Lipinski definition) is 0. The number of carbonyl (C=O) groups is 1. The lowest BCUT2D eigenvalue weighted by Gasteiger charge is -2.12. The van der Waals surface area contributed by atoms with E-state index in [2.05, 4.69) is 26.1 Å². The minimum Gasteiger partial charge on any atom is -0.467 e. The normalized spacial score (nSPS) is 15.9. The lowest BCUT2D eigenvalue weighted by Crippen LogP contribution is -2.28. The van der Waals surface area contributed by atoms with Crippen molar-refractivity contribution in [2.45, 2.75) is 6.54 Å². The van der Waals surface area contributed by atoms with Gasteiger partial charge in [0.2, 0.25) is 0 Å². The quantitative estimate of drug-likeness (QED) is 0.135. The lowest BCUT2D eigenvalue weighted by atomic mass is 10.2. The summed E-state index contributed by atoms with van der Waals surface area (Å²) in [7, 11) is 0. The summed E-state index contributed by atoms with van der Waals surface area (Å²) < 4.78 is 12.3. The predicted octanol–water partition coefficient (Wildman–Crippen LogP) is 7.34. The molecule has 1 aliphatic rings. The van der Waals surface area contributed by atoms with Crippen LogP contribution in [0.4, 0.5) is 0 Å². The Hall–Kier alpha value is -3.88. The molecule has 1 amide bonds. The van der Waals surface area contributed by atoms with Crippen molar-refractivity contribution in [3.8, 4) is 11.5 Å². The van der Waals surface area contributed by atoms with Gasteiger partial charge in [-0.25, -0.2) is 0 Å². The Labute approximate surface area is 221 Å². The Morgan fingerprint density at radius 3 is 2.50 bits per heavy atom. The predicted molar refractivity (Wildman–Crippen MR) is 147 cm³/mol. The van der Waals surface area contributed by atoms with E-state index in [1.807, 2.05) is 91.0 Å². The molecule has 36 heavy (non-hydrogen) atoms. The highest BCUT2D eigenvalue weighted by atomic mass is 79.9. The lowest BCUT2D eigenvalue weighted by molar-refractivity contribution is -0.122. The van der Waals surface area contributed by atoms with Crippen molar-refractivity contribution in [1.82, 2.24) is 4.90 Å². The van der Waals surface area contributed by atoms with E-state index in [0.29, 0.717) is 21.6 Å². The molecule has 0 unspecified atom stereocenters. The summed E-state index contributed by atoms with van der Waals surface area (Å²) >= 11 is 4.72. The third-order valence-electron chi connectivity index (χ3n) is 5.14. The third-order valence-corrected chi connectivity index (χ3v) is 6.66. The highest BCUT2D eigenvalue weighted by Crippen LogP contribution is 2.34. The van der Waals surface area contributed by atoms with Gasteiger partial charge in [-0.2, -0.15) is 5.10 Å². The number of halogens is 1. The minimum atomic E-state index is -0.147. The zero-order valence-electron chi connectivity index (χ0n) is 19.0. The summed E-state index contributed by atoms with van der Waals surface area (Å²) in [4.78, 5) is 15.3. The van der Waals surface area contributed by atoms with Crippen molar-refractivity contribution in [1.29, 1.82) is 0 Å². The van der Waals surface area contributed by atoms with Crippen LogP contribution >= 0.6 is 27.7 Å². The third kappa shape index (κ3) is 6.02. The first-order chi connectivity index (χ1) is 17.6. The summed E-state index contributed by atoms with van der Waals surface area (Å²) in [5.74, 6) is 1.97. The van der Waals surface area contributed by atoms with Crippen molar-refractivity contribution in [3.63, 3.8) is 0 Å². The molecule has 0 aliphatic carbocycles. The van der Waals surface area contributed by atoms with E-state index in [1.165, 1.54) is 11.8 Å². The zero-order valence-corrected chi connectivity index (χ0v) is 21.4. The summed E-state index contributed by atoms with van der Waals surface area (Å²) in [6.07, 6.45) is 5.07. The maximum atomic E-state index is 13.2. The Kier molecular flexibility index (Phi) is 7.44. The van der Waals surface area contributed by atoms with E-state index in [9.17, 15) is 4.79 Å². The number of carbonyl (C=O) groups excluding carboxylic acids is 1. The first kappa shape index (κ1) is 23.8. The summed E-state index contributed by atoms with van der Waals surface area (Å²) in [5, 5.41) is 9.12. The molecule has 1 saturated heterocycles. The largest absolute Gasteiger partial charge is 0.467 e. The van der Waals surface area contributed by atoms with Crippen LogP contribution in [-0.4, -0.2) is 22.2 Å². The van der Waals surface area contributed by atoms with Gasteiger partial charge in [0.1, 0.15) is 17.3 Å². The van der Waals surface area contributed by atoms with Crippen LogP contribution < -0.4 is 4.74 Å². The van der Waals surface area contributed by atoms with Crippen LogP contribution in [0.3, 0.4) is 0 Å². The average molecular weight is 558 g/mol. The van der Waals surface area contributed by atoms with E-state index in [4.69, 9.17) is 9.15 Å². The number of rotatable bonds is 7. The molecule has 178 valence electrons. The zero-order chi connectivity index (χ0) is 24.7. The smallest absolute Gasteiger partial charge is 0.267 e. The fourth-order valence-electron chi connectivity index (χ4n) is 3.42. The molecule has 4 aromatic rings. The molecule has 0 spiro atoms. The first-order valence-corrected chi connectivity index (χ1v) is 12.7. The van der Waals surface area contributed by atoms with Gasteiger partial charge in [-0.3, -0.25) is 9.69 Å². The molecule has 1 aromatic heterocycles. The minimum absolute atomic E-state index is 0.147. The number of para-hydroxylation sites is 1. The van der Waals surface area contributed by atoms with Gasteiger partial charge < -0.3 is 9.15 Å². The number of amidine groups is 1. The molecule has 1 fully saturated rings. The molecule has 0 saturated carbocycles. The maximum absolute atomic E-state index is 13.2. The van der Waals surface area contributed by atoms with Crippen LogP contribution in [0.15, 0.2) is 121 Å². The summed E-state index contributed by atoms with van der Waals surface area (Å²) in [6, 6.07) is 28.5. The molecule has 8 heteroatoms. The number of nitrogens with zero attached hydrogens (tertiary/aromatic N) is 3. The van der Waals surface area contributed by atoms with Gasteiger partial charge in [0.15, 0.2) is 5.17 Å². The maximum Gasteiger partial charge on any atom is 0.267 e.